The van der Waals surface area contributed by atoms with Crippen molar-refractivity contribution in [2.75, 3.05) is 26.7 Å². The van der Waals surface area contributed by atoms with E-state index in [-0.39, 0.29) is 11.9 Å². The number of nitrogens with one attached hydrogen (secondary N) is 2. The minimum atomic E-state index is -0.688. The van der Waals surface area contributed by atoms with E-state index in [1.54, 1.807) is 32.2 Å². The minimum Gasteiger partial charge on any atom is -0.497 e. The van der Waals surface area contributed by atoms with Crippen LogP contribution in [0.25, 0.3) is 11.0 Å². The van der Waals surface area contributed by atoms with Crippen LogP contribution in [0.3, 0.4) is 0 Å². The summed E-state index contributed by atoms with van der Waals surface area (Å²) >= 11 is 0. The Morgan fingerprint density at radius 2 is 1.82 bits per heavy atom. The van der Waals surface area contributed by atoms with Crippen LogP contribution in [0.15, 0.2) is 52.1 Å². The van der Waals surface area contributed by atoms with Crippen LogP contribution in [-0.4, -0.2) is 47.1 Å². The number of carbonyl (C=O) groups excluding carboxylic acids is 1. The fourth-order valence-corrected chi connectivity index (χ4v) is 4.54. The molecule has 1 unspecified atom stereocenters. The van der Waals surface area contributed by atoms with Crippen LogP contribution >= 0.6 is 0 Å². The molecular formula is C25H30N4O4. The van der Waals surface area contributed by atoms with E-state index in [1.165, 1.54) is 11.0 Å². The number of methoxy groups -OCH3 is 1. The third-order valence-electron chi connectivity index (χ3n) is 6.34. The number of hydrogen-bond acceptors (Lipinski definition) is 5. The van der Waals surface area contributed by atoms with Crippen LogP contribution in [-0.2, 0) is 6.54 Å². The summed E-state index contributed by atoms with van der Waals surface area (Å²) in [4.78, 5) is 42.1. The average Bonchev–Trinajstić information content (AvgIpc) is 2.85. The lowest BCUT2D eigenvalue weighted by Gasteiger charge is -2.35. The van der Waals surface area contributed by atoms with Gasteiger partial charge in [0.1, 0.15) is 5.75 Å². The molecule has 1 aliphatic heterocycles. The number of hydrogen-bond donors (Lipinski definition) is 2. The highest BCUT2D eigenvalue weighted by atomic mass is 16.5. The summed E-state index contributed by atoms with van der Waals surface area (Å²) < 4.78 is 6.70. The number of carbonyl (C=O) groups is 1. The van der Waals surface area contributed by atoms with Gasteiger partial charge in [0.25, 0.3) is 5.91 Å². The molecule has 1 atom stereocenters. The van der Waals surface area contributed by atoms with Crippen LogP contribution in [0.4, 0.5) is 0 Å². The molecule has 1 saturated heterocycles. The Morgan fingerprint density at radius 1 is 1.09 bits per heavy atom. The lowest BCUT2D eigenvalue weighted by atomic mass is 10.0. The van der Waals surface area contributed by atoms with Crippen LogP contribution in [0.1, 0.15) is 48.1 Å². The molecule has 2 heterocycles. The van der Waals surface area contributed by atoms with Crippen molar-refractivity contribution < 1.29 is 9.53 Å². The Hall–Kier alpha value is -3.39. The number of H-pyrrole nitrogens is 1. The van der Waals surface area contributed by atoms with E-state index in [2.05, 4.69) is 27.3 Å². The van der Waals surface area contributed by atoms with Gasteiger partial charge in [-0.1, -0.05) is 18.6 Å². The van der Waals surface area contributed by atoms with Crippen molar-refractivity contribution in [3.63, 3.8) is 0 Å². The molecule has 174 valence electrons. The number of likely N-dealkylation sites (tertiary alicyclic amines) is 1. The van der Waals surface area contributed by atoms with Crippen molar-refractivity contribution in [3.05, 3.63) is 74.3 Å². The van der Waals surface area contributed by atoms with E-state index in [9.17, 15) is 14.4 Å². The fourth-order valence-electron chi connectivity index (χ4n) is 4.54. The molecule has 8 heteroatoms. The van der Waals surface area contributed by atoms with Crippen molar-refractivity contribution in [2.45, 2.75) is 38.8 Å². The second-order valence-electron chi connectivity index (χ2n) is 8.33. The second-order valence-corrected chi connectivity index (χ2v) is 8.33. The Morgan fingerprint density at radius 3 is 2.48 bits per heavy atom. The van der Waals surface area contributed by atoms with Crippen LogP contribution in [0, 0.1) is 0 Å². The molecule has 0 aliphatic carbocycles. The van der Waals surface area contributed by atoms with Gasteiger partial charge in [-0.25, -0.2) is 0 Å². The highest BCUT2D eigenvalue weighted by molar-refractivity contribution is 5.97. The smallest absolute Gasteiger partial charge is 0.316 e. The molecule has 1 aromatic heterocycles. The molecule has 0 spiro atoms. The van der Waals surface area contributed by atoms with Gasteiger partial charge < -0.3 is 19.6 Å². The van der Waals surface area contributed by atoms with Crippen LogP contribution in [0.2, 0.25) is 0 Å². The first kappa shape index (κ1) is 22.8. The van der Waals surface area contributed by atoms with Crippen LogP contribution in [0.5, 0.6) is 5.75 Å². The minimum absolute atomic E-state index is 0.0608. The summed E-state index contributed by atoms with van der Waals surface area (Å²) in [5.74, 6) is 0.582. The summed E-state index contributed by atoms with van der Waals surface area (Å²) in [7, 11) is 1.65. The Bertz CT molecular complexity index is 1240. The number of aromatic nitrogens is 2. The second kappa shape index (κ2) is 10.0. The van der Waals surface area contributed by atoms with Gasteiger partial charge in [0.2, 0.25) is 0 Å². The number of aryl methyl sites for hydroxylation is 1. The third kappa shape index (κ3) is 4.85. The van der Waals surface area contributed by atoms with E-state index in [0.717, 1.165) is 37.2 Å². The number of aromatic amines is 1. The normalized spacial score (nSPS) is 15.3. The van der Waals surface area contributed by atoms with E-state index in [1.807, 2.05) is 12.1 Å². The number of amides is 1. The number of benzene rings is 2. The van der Waals surface area contributed by atoms with Crippen LogP contribution < -0.4 is 21.2 Å². The largest absolute Gasteiger partial charge is 0.497 e. The zero-order chi connectivity index (χ0) is 23.4. The third-order valence-corrected chi connectivity index (χ3v) is 6.34. The molecule has 1 amide bonds. The molecule has 4 rings (SSSR count). The van der Waals surface area contributed by atoms with Crippen molar-refractivity contribution in [1.82, 2.24) is 19.8 Å². The molecule has 0 bridgehead atoms. The summed E-state index contributed by atoms with van der Waals surface area (Å²) in [5.41, 5.74) is 1.36. The molecule has 2 N–H and O–H groups in total. The Balaban J connectivity index is 1.56. The van der Waals surface area contributed by atoms with E-state index < -0.39 is 11.1 Å². The summed E-state index contributed by atoms with van der Waals surface area (Å²) in [6.45, 7) is 4.65. The number of ether oxygens (including phenoxy) is 1. The molecule has 1 aliphatic rings. The van der Waals surface area contributed by atoms with Gasteiger partial charge >= 0.3 is 11.1 Å². The predicted octanol–water partition coefficient (Wildman–Crippen LogP) is 2.68. The van der Waals surface area contributed by atoms with Gasteiger partial charge in [-0.05, 0) is 68.8 Å². The Labute approximate surface area is 192 Å². The lowest BCUT2D eigenvalue weighted by molar-refractivity contribution is 0.0924. The van der Waals surface area contributed by atoms with Gasteiger partial charge in [0.15, 0.2) is 0 Å². The zero-order valence-electron chi connectivity index (χ0n) is 19.1. The topological polar surface area (TPSA) is 96.4 Å². The molecule has 1 fully saturated rings. The van der Waals surface area contributed by atoms with Crippen molar-refractivity contribution >= 4 is 16.9 Å². The number of rotatable bonds is 7. The summed E-state index contributed by atoms with van der Waals surface area (Å²) in [6, 6.07) is 13.1. The number of nitrogens with zero attached hydrogens (tertiary/aromatic N) is 2. The van der Waals surface area contributed by atoms with E-state index in [4.69, 9.17) is 4.74 Å². The molecule has 0 radical (unpaired) electrons. The first-order valence-electron chi connectivity index (χ1n) is 11.4. The number of piperidine rings is 1. The molecule has 3 aromatic rings. The van der Waals surface area contributed by atoms with Gasteiger partial charge in [0, 0.05) is 18.7 Å². The zero-order valence-corrected chi connectivity index (χ0v) is 19.1. The molecular weight excluding hydrogens is 420 g/mol. The maximum atomic E-state index is 13.0. The maximum absolute atomic E-state index is 13.0. The molecule has 2 aromatic carbocycles. The standard InChI is InChI=1S/C25H30N4O4/c1-3-29-21-12-9-18(15-20(21)27-24(31)25(29)32)23(30)26-16-22(28-13-5-4-6-14-28)17-7-10-19(33-2)11-8-17/h7-12,15,22H,3-6,13-14,16H2,1-2H3,(H,26,30)(H,27,31). The fraction of sp³-hybridized carbons (Fsp3) is 0.400. The predicted molar refractivity (Wildman–Crippen MR) is 128 cm³/mol. The molecule has 0 saturated carbocycles. The van der Waals surface area contributed by atoms with E-state index in [0.29, 0.717) is 29.7 Å². The van der Waals surface area contributed by atoms with Crippen molar-refractivity contribution in [1.29, 1.82) is 0 Å². The van der Waals surface area contributed by atoms with Crippen molar-refractivity contribution in [3.8, 4) is 5.75 Å². The van der Waals surface area contributed by atoms with Gasteiger partial charge in [-0.2, -0.15) is 0 Å². The molecule has 8 nitrogen and oxygen atoms in total. The van der Waals surface area contributed by atoms with Crippen molar-refractivity contribution in [2.24, 2.45) is 0 Å². The summed E-state index contributed by atoms with van der Waals surface area (Å²) in [6.07, 6.45) is 3.53. The summed E-state index contributed by atoms with van der Waals surface area (Å²) in [5, 5.41) is 3.07. The Kier molecular flexibility index (Phi) is 6.93. The highest BCUT2D eigenvalue weighted by Gasteiger charge is 2.23. The monoisotopic (exact) mass is 450 g/mol. The van der Waals surface area contributed by atoms with Gasteiger partial charge in [-0.15, -0.1) is 0 Å². The highest BCUT2D eigenvalue weighted by Crippen LogP contribution is 2.26. The first-order valence-corrected chi connectivity index (χ1v) is 11.4. The SMILES string of the molecule is CCn1c(=O)c(=O)[nH]c2cc(C(=O)NCC(c3ccc(OC)cc3)N3CCCCC3)ccc21. The lowest BCUT2D eigenvalue weighted by Crippen LogP contribution is -2.40. The maximum Gasteiger partial charge on any atom is 0.316 e. The molecule has 33 heavy (non-hydrogen) atoms. The van der Waals surface area contributed by atoms with E-state index >= 15 is 0 Å². The van der Waals surface area contributed by atoms with Gasteiger partial charge in [0.05, 0.1) is 24.2 Å². The first-order chi connectivity index (χ1) is 16.0. The van der Waals surface area contributed by atoms with Gasteiger partial charge in [-0.3, -0.25) is 19.3 Å². The quantitative estimate of drug-likeness (QED) is 0.540. The average molecular weight is 451 g/mol. The number of fused-ring (bicyclic) bond motifs is 1.